The minimum absolute atomic E-state index is 0.00870. The summed E-state index contributed by atoms with van der Waals surface area (Å²) in [6.45, 7) is 2.05. The summed E-state index contributed by atoms with van der Waals surface area (Å²) in [4.78, 5) is 1.80. The highest BCUT2D eigenvalue weighted by atomic mass is 32.2. The van der Waals surface area contributed by atoms with Crippen LogP contribution in [0.5, 0.6) is 0 Å². The van der Waals surface area contributed by atoms with E-state index < -0.39 is 11.6 Å². The number of benzene rings is 1. The van der Waals surface area contributed by atoms with Gasteiger partial charge in [0.2, 0.25) is 0 Å². The Kier molecular flexibility index (Phi) is 5.88. The van der Waals surface area contributed by atoms with Crippen LogP contribution in [0.15, 0.2) is 12.1 Å². The van der Waals surface area contributed by atoms with Crippen molar-refractivity contribution in [1.82, 2.24) is 0 Å². The SMILES string of the molecule is CCC(CSC)N(C)c1ccc(CN)c(F)c1F. The van der Waals surface area contributed by atoms with Gasteiger partial charge in [-0.2, -0.15) is 11.8 Å². The van der Waals surface area contributed by atoms with Crippen molar-refractivity contribution >= 4 is 17.4 Å². The van der Waals surface area contributed by atoms with Crippen molar-refractivity contribution < 1.29 is 8.78 Å². The van der Waals surface area contributed by atoms with Crippen molar-refractivity contribution in [2.45, 2.75) is 25.9 Å². The topological polar surface area (TPSA) is 29.3 Å². The monoisotopic (exact) mass is 274 g/mol. The molecule has 5 heteroatoms. The number of nitrogens with two attached hydrogens (primary N) is 1. The molecule has 1 aromatic rings. The number of hydrogen-bond acceptors (Lipinski definition) is 3. The lowest BCUT2D eigenvalue weighted by Gasteiger charge is -2.29. The van der Waals surface area contributed by atoms with Gasteiger partial charge in [-0.05, 0) is 18.7 Å². The van der Waals surface area contributed by atoms with E-state index in [4.69, 9.17) is 5.73 Å². The summed E-state index contributed by atoms with van der Waals surface area (Å²) < 4.78 is 27.6. The van der Waals surface area contributed by atoms with E-state index in [0.717, 1.165) is 12.2 Å². The molecule has 0 fully saturated rings. The maximum atomic E-state index is 14.0. The summed E-state index contributed by atoms with van der Waals surface area (Å²) in [6.07, 6.45) is 2.89. The molecule has 1 unspecified atom stereocenters. The number of nitrogens with zero attached hydrogens (tertiary/aromatic N) is 1. The Labute approximate surface area is 112 Å². The van der Waals surface area contributed by atoms with Crippen molar-refractivity contribution in [2.75, 3.05) is 24.0 Å². The third-order valence-electron chi connectivity index (χ3n) is 3.12. The van der Waals surface area contributed by atoms with Crippen molar-refractivity contribution in [2.24, 2.45) is 5.73 Å². The zero-order valence-corrected chi connectivity index (χ0v) is 11.9. The van der Waals surface area contributed by atoms with Crippen LogP contribution in [0, 0.1) is 11.6 Å². The minimum Gasteiger partial charge on any atom is -0.368 e. The van der Waals surface area contributed by atoms with E-state index in [2.05, 4.69) is 0 Å². The highest BCUT2D eigenvalue weighted by Gasteiger charge is 2.19. The lowest BCUT2D eigenvalue weighted by molar-refractivity contribution is 0.494. The fourth-order valence-corrected chi connectivity index (χ4v) is 2.75. The molecule has 1 rings (SSSR count). The van der Waals surface area contributed by atoms with Crippen LogP contribution in [0.3, 0.4) is 0 Å². The van der Waals surface area contributed by atoms with Gasteiger partial charge in [-0.25, -0.2) is 8.78 Å². The van der Waals surface area contributed by atoms with E-state index in [9.17, 15) is 8.78 Å². The molecule has 2 nitrogen and oxygen atoms in total. The maximum Gasteiger partial charge on any atom is 0.182 e. The fraction of sp³-hybridized carbons (Fsp3) is 0.538. The molecule has 1 atom stereocenters. The predicted molar refractivity (Wildman–Crippen MR) is 75.1 cm³/mol. The summed E-state index contributed by atoms with van der Waals surface area (Å²) in [6, 6.07) is 3.34. The second-order valence-electron chi connectivity index (χ2n) is 4.20. The van der Waals surface area contributed by atoms with E-state index in [1.807, 2.05) is 13.2 Å². The molecule has 1 aromatic carbocycles. The Morgan fingerprint density at radius 2 is 2.00 bits per heavy atom. The zero-order valence-electron chi connectivity index (χ0n) is 11.0. The lowest BCUT2D eigenvalue weighted by atomic mass is 10.1. The number of halogens is 2. The van der Waals surface area contributed by atoms with Gasteiger partial charge in [0.15, 0.2) is 11.6 Å². The highest BCUT2D eigenvalue weighted by Crippen LogP contribution is 2.26. The van der Waals surface area contributed by atoms with E-state index in [-0.39, 0.29) is 18.2 Å². The lowest BCUT2D eigenvalue weighted by Crippen LogP contribution is -2.34. The smallest absolute Gasteiger partial charge is 0.182 e. The Hall–Kier alpha value is -0.810. The highest BCUT2D eigenvalue weighted by molar-refractivity contribution is 7.98. The first-order valence-electron chi connectivity index (χ1n) is 5.95. The van der Waals surface area contributed by atoms with Crippen LogP contribution in [0.4, 0.5) is 14.5 Å². The third kappa shape index (κ3) is 3.14. The molecule has 0 aliphatic heterocycles. The first-order valence-corrected chi connectivity index (χ1v) is 7.34. The quantitative estimate of drug-likeness (QED) is 0.864. The van der Waals surface area contributed by atoms with Crippen LogP contribution < -0.4 is 10.6 Å². The summed E-state index contributed by atoms with van der Waals surface area (Å²) in [7, 11) is 1.80. The fourth-order valence-electron chi connectivity index (χ4n) is 1.90. The van der Waals surface area contributed by atoms with E-state index in [0.29, 0.717) is 5.69 Å². The normalized spacial score (nSPS) is 12.6. The average Bonchev–Trinajstić information content (AvgIpc) is 2.38. The van der Waals surface area contributed by atoms with Crippen LogP contribution >= 0.6 is 11.8 Å². The summed E-state index contributed by atoms with van der Waals surface area (Å²) in [5.74, 6) is -0.756. The molecular weight excluding hydrogens is 254 g/mol. The van der Waals surface area contributed by atoms with Crippen LogP contribution in [0.2, 0.25) is 0 Å². The molecule has 0 aliphatic carbocycles. The predicted octanol–water partition coefficient (Wildman–Crippen LogP) is 3.00. The van der Waals surface area contributed by atoms with Gasteiger partial charge in [0.1, 0.15) is 0 Å². The van der Waals surface area contributed by atoms with Crippen LogP contribution in [-0.2, 0) is 6.54 Å². The van der Waals surface area contributed by atoms with Gasteiger partial charge in [-0.15, -0.1) is 0 Å². The molecular formula is C13H20F2N2S. The molecule has 0 saturated carbocycles. The van der Waals surface area contributed by atoms with Crippen molar-refractivity contribution in [1.29, 1.82) is 0 Å². The Balaban J connectivity index is 3.05. The molecule has 0 spiro atoms. The van der Waals surface area contributed by atoms with Crippen LogP contribution in [0.1, 0.15) is 18.9 Å². The molecule has 2 N–H and O–H groups in total. The number of hydrogen-bond donors (Lipinski definition) is 1. The maximum absolute atomic E-state index is 14.0. The number of anilines is 1. The van der Waals surface area contributed by atoms with E-state index >= 15 is 0 Å². The van der Waals surface area contributed by atoms with E-state index in [1.165, 1.54) is 0 Å². The van der Waals surface area contributed by atoms with Gasteiger partial charge >= 0.3 is 0 Å². The van der Waals surface area contributed by atoms with Crippen molar-refractivity contribution in [3.8, 4) is 0 Å². The molecule has 102 valence electrons. The van der Waals surface area contributed by atoms with Gasteiger partial charge in [0, 0.05) is 31.0 Å². The molecule has 0 amide bonds. The largest absolute Gasteiger partial charge is 0.368 e. The molecule has 18 heavy (non-hydrogen) atoms. The van der Waals surface area contributed by atoms with Gasteiger partial charge in [0.25, 0.3) is 0 Å². The first kappa shape index (κ1) is 15.2. The van der Waals surface area contributed by atoms with Crippen molar-refractivity contribution in [3.63, 3.8) is 0 Å². The minimum atomic E-state index is -0.833. The van der Waals surface area contributed by atoms with Gasteiger partial charge in [-0.1, -0.05) is 13.0 Å². The molecule has 0 aromatic heterocycles. The number of thioether (sulfide) groups is 1. The van der Waals surface area contributed by atoms with Gasteiger partial charge in [0.05, 0.1) is 5.69 Å². The first-order chi connectivity index (χ1) is 8.56. The number of rotatable bonds is 6. The Bertz CT molecular complexity index is 399. The van der Waals surface area contributed by atoms with Crippen molar-refractivity contribution in [3.05, 3.63) is 29.3 Å². The van der Waals surface area contributed by atoms with Gasteiger partial charge in [-0.3, -0.25) is 0 Å². The summed E-state index contributed by atoms with van der Waals surface area (Å²) in [5.41, 5.74) is 5.86. The molecule has 0 radical (unpaired) electrons. The van der Waals surface area contributed by atoms with Gasteiger partial charge < -0.3 is 10.6 Å². The molecule has 0 heterocycles. The Morgan fingerprint density at radius 3 is 2.50 bits per heavy atom. The zero-order chi connectivity index (χ0) is 13.7. The molecule has 0 aliphatic rings. The Morgan fingerprint density at radius 1 is 1.33 bits per heavy atom. The third-order valence-corrected chi connectivity index (χ3v) is 3.84. The average molecular weight is 274 g/mol. The van der Waals surface area contributed by atoms with Crippen LogP contribution in [-0.4, -0.2) is 25.1 Å². The van der Waals surface area contributed by atoms with Crippen LogP contribution in [0.25, 0.3) is 0 Å². The summed E-state index contributed by atoms with van der Waals surface area (Å²) in [5, 5.41) is 0. The second-order valence-corrected chi connectivity index (χ2v) is 5.11. The molecule has 0 saturated heterocycles. The van der Waals surface area contributed by atoms with E-state index in [1.54, 1.807) is 35.8 Å². The summed E-state index contributed by atoms with van der Waals surface area (Å²) >= 11 is 1.70. The second kappa shape index (κ2) is 6.95. The standard InChI is InChI=1S/C13H20F2N2S/c1-4-10(8-18-3)17(2)11-6-5-9(7-16)12(14)13(11)15/h5-6,10H,4,7-8,16H2,1-3H3. The molecule has 0 bridgehead atoms.